The topological polar surface area (TPSA) is 91.0 Å². The first-order valence-electron chi connectivity index (χ1n) is 17.8. The Morgan fingerprint density at radius 1 is 0.780 bits per heavy atom. The number of carbonyl (C=O) groups is 3. The molecule has 0 aliphatic heterocycles. The molecule has 0 saturated heterocycles. The number of anilines is 2. The van der Waals surface area contributed by atoms with E-state index in [1.165, 1.54) is 23.3 Å². The van der Waals surface area contributed by atoms with Gasteiger partial charge in [-0.05, 0) is 137 Å². The van der Waals surface area contributed by atoms with Crippen molar-refractivity contribution in [2.45, 2.75) is 65.3 Å². The number of ether oxygens (including phenoxy) is 1. The summed E-state index contributed by atoms with van der Waals surface area (Å²) in [4.78, 5) is 45.0. The van der Waals surface area contributed by atoms with Crippen LogP contribution in [0.1, 0.15) is 91.3 Å². The van der Waals surface area contributed by atoms with Crippen molar-refractivity contribution in [1.29, 1.82) is 0 Å². The lowest BCUT2D eigenvalue weighted by atomic mass is 9.95. The summed E-state index contributed by atoms with van der Waals surface area (Å²) in [6.45, 7) is 9.38. The van der Waals surface area contributed by atoms with Gasteiger partial charge in [-0.1, -0.05) is 50.2 Å². The number of aryl methyl sites for hydroxylation is 3. The highest BCUT2D eigenvalue weighted by Gasteiger charge is 2.27. The first-order valence-corrected chi connectivity index (χ1v) is 18.6. The van der Waals surface area contributed by atoms with Crippen LogP contribution in [0.25, 0.3) is 0 Å². The van der Waals surface area contributed by atoms with Crippen LogP contribution in [0.2, 0.25) is 0 Å². The third-order valence-electron chi connectivity index (χ3n) is 9.46. The predicted octanol–water partition coefficient (Wildman–Crippen LogP) is 7.87. The molecule has 3 aromatic carbocycles. The molecule has 2 N–H and O–H groups in total. The maximum Gasteiger partial charge on any atom is 0.337 e. The van der Waals surface area contributed by atoms with Gasteiger partial charge in [0.25, 0.3) is 11.8 Å². The molecule has 50 heavy (non-hydrogen) atoms. The predicted molar refractivity (Wildman–Crippen MR) is 204 cm³/mol. The van der Waals surface area contributed by atoms with E-state index in [4.69, 9.17) is 4.74 Å². The van der Waals surface area contributed by atoms with Crippen molar-refractivity contribution in [3.8, 4) is 0 Å². The minimum Gasteiger partial charge on any atom is -0.465 e. The van der Waals surface area contributed by atoms with Crippen LogP contribution in [-0.2, 0) is 37.0 Å². The van der Waals surface area contributed by atoms with Crippen LogP contribution < -0.4 is 10.6 Å². The van der Waals surface area contributed by atoms with Gasteiger partial charge in [0.1, 0.15) is 5.00 Å². The molecule has 5 rings (SSSR count). The molecular weight excluding hydrogens is 645 g/mol. The van der Waals surface area contributed by atoms with Gasteiger partial charge >= 0.3 is 5.97 Å². The van der Waals surface area contributed by atoms with E-state index in [-0.39, 0.29) is 17.8 Å². The van der Waals surface area contributed by atoms with Crippen LogP contribution in [0.5, 0.6) is 0 Å². The molecule has 0 fully saturated rings. The summed E-state index contributed by atoms with van der Waals surface area (Å²) in [5.74, 6) is -0.737. The molecule has 1 aromatic heterocycles. The molecule has 0 atom stereocenters. The van der Waals surface area contributed by atoms with Crippen molar-refractivity contribution in [3.63, 3.8) is 0 Å². The summed E-state index contributed by atoms with van der Waals surface area (Å²) in [6.07, 6.45) is 6.63. The highest BCUT2D eigenvalue weighted by Crippen LogP contribution is 2.39. The summed E-state index contributed by atoms with van der Waals surface area (Å²) in [7, 11) is 3.50. The van der Waals surface area contributed by atoms with Gasteiger partial charge < -0.3 is 25.2 Å². The second-order valence-corrected chi connectivity index (χ2v) is 14.1. The van der Waals surface area contributed by atoms with Crippen LogP contribution in [0.4, 0.5) is 10.7 Å². The Morgan fingerprint density at radius 2 is 1.46 bits per heavy atom. The molecule has 1 heterocycles. The number of methoxy groups -OCH3 is 1. The molecule has 264 valence electrons. The third kappa shape index (κ3) is 9.90. The largest absolute Gasteiger partial charge is 0.465 e. The van der Waals surface area contributed by atoms with Crippen LogP contribution in [0.3, 0.4) is 0 Å². The minimum atomic E-state index is -0.340. The molecule has 0 bridgehead atoms. The number of hydrogen-bond acceptors (Lipinski definition) is 7. The summed E-state index contributed by atoms with van der Waals surface area (Å²) >= 11 is 1.53. The average Bonchev–Trinajstić information content (AvgIpc) is 3.51. The average molecular weight is 695 g/mol. The Kier molecular flexibility index (Phi) is 13.4. The molecular formula is C41H50N4O4S. The van der Waals surface area contributed by atoms with E-state index < -0.39 is 0 Å². The van der Waals surface area contributed by atoms with E-state index >= 15 is 0 Å². The molecule has 1 aliphatic rings. The number of rotatable bonds is 16. The van der Waals surface area contributed by atoms with E-state index in [0.29, 0.717) is 27.4 Å². The van der Waals surface area contributed by atoms with Gasteiger partial charge in [0, 0.05) is 22.7 Å². The SMILES string of the molecule is CCN(CC)CCCN(C)Cc1cccc(C(=O)Nc2sc3c(c2C(=O)Nc2ccc(CCc4ccc(C(=O)OC)cc4)cc2)CCCC3)c1. The van der Waals surface area contributed by atoms with Crippen LogP contribution in [0, 0.1) is 0 Å². The zero-order valence-corrected chi connectivity index (χ0v) is 30.7. The fourth-order valence-electron chi connectivity index (χ4n) is 6.54. The number of thiophene rings is 1. The van der Waals surface area contributed by atoms with Crippen molar-refractivity contribution < 1.29 is 19.1 Å². The second-order valence-electron chi connectivity index (χ2n) is 13.0. The molecule has 8 nitrogen and oxygen atoms in total. The van der Waals surface area contributed by atoms with E-state index in [2.05, 4.69) is 47.4 Å². The summed E-state index contributed by atoms with van der Waals surface area (Å²) in [6, 6.07) is 23.2. The van der Waals surface area contributed by atoms with Crippen molar-refractivity contribution in [2.24, 2.45) is 0 Å². The van der Waals surface area contributed by atoms with Crippen molar-refractivity contribution in [3.05, 3.63) is 117 Å². The van der Waals surface area contributed by atoms with Gasteiger partial charge in [-0.2, -0.15) is 0 Å². The Balaban J connectivity index is 1.21. The van der Waals surface area contributed by atoms with E-state index in [0.717, 1.165) is 99.9 Å². The maximum absolute atomic E-state index is 13.8. The summed E-state index contributed by atoms with van der Waals surface area (Å²) < 4.78 is 4.78. The molecule has 0 radical (unpaired) electrons. The number of carbonyl (C=O) groups excluding carboxylic acids is 3. The first-order chi connectivity index (χ1) is 24.3. The number of benzene rings is 3. The van der Waals surface area contributed by atoms with Crippen LogP contribution in [-0.4, -0.2) is 67.9 Å². The normalized spacial score (nSPS) is 12.5. The van der Waals surface area contributed by atoms with Gasteiger partial charge in [0.15, 0.2) is 0 Å². The van der Waals surface area contributed by atoms with Crippen LogP contribution in [0.15, 0.2) is 72.8 Å². The van der Waals surface area contributed by atoms with Crippen molar-refractivity contribution in [1.82, 2.24) is 9.80 Å². The lowest BCUT2D eigenvalue weighted by molar-refractivity contribution is 0.0600. The quantitative estimate of drug-likeness (QED) is 0.116. The lowest BCUT2D eigenvalue weighted by Crippen LogP contribution is -2.28. The number of hydrogen-bond donors (Lipinski definition) is 2. The number of amides is 2. The van der Waals surface area contributed by atoms with Gasteiger partial charge in [0.2, 0.25) is 0 Å². The monoisotopic (exact) mass is 694 g/mol. The summed E-state index contributed by atoms with van der Waals surface area (Å²) in [5, 5.41) is 6.83. The van der Waals surface area contributed by atoms with E-state index in [1.54, 1.807) is 12.1 Å². The highest BCUT2D eigenvalue weighted by atomic mass is 32.1. The molecule has 1 aliphatic carbocycles. The Morgan fingerprint density at radius 3 is 2.14 bits per heavy atom. The Hall–Kier alpha value is -4.31. The smallest absolute Gasteiger partial charge is 0.337 e. The first kappa shape index (κ1) is 37.0. The third-order valence-corrected chi connectivity index (χ3v) is 10.7. The Bertz CT molecular complexity index is 1750. The lowest BCUT2D eigenvalue weighted by Gasteiger charge is -2.21. The highest BCUT2D eigenvalue weighted by molar-refractivity contribution is 7.17. The standard InChI is InChI=1S/C41H50N4O4S/c1-5-45(6-2)26-10-25-44(3)28-31-11-9-12-33(27-31)38(46)43-40-37(35-13-7-8-14-36(35)50-40)39(47)42-34-23-19-30(20-24-34)16-15-29-17-21-32(22-18-29)41(48)49-4/h9,11-12,17-24,27H,5-8,10,13-16,25-26,28H2,1-4H3,(H,42,47)(H,43,46). The van der Waals surface area contributed by atoms with Gasteiger partial charge in [0.05, 0.1) is 18.2 Å². The van der Waals surface area contributed by atoms with E-state index in [9.17, 15) is 14.4 Å². The number of fused-ring (bicyclic) bond motifs is 1. The molecule has 2 amide bonds. The van der Waals surface area contributed by atoms with E-state index in [1.807, 2.05) is 54.6 Å². The number of nitrogens with zero attached hydrogens (tertiary/aromatic N) is 2. The molecule has 4 aromatic rings. The zero-order chi connectivity index (χ0) is 35.5. The molecule has 0 spiro atoms. The van der Waals surface area contributed by atoms with Gasteiger partial charge in [-0.25, -0.2) is 4.79 Å². The van der Waals surface area contributed by atoms with Crippen molar-refractivity contribution in [2.75, 3.05) is 51.0 Å². The minimum absolute atomic E-state index is 0.196. The fraction of sp³-hybridized carbons (Fsp3) is 0.390. The summed E-state index contributed by atoms with van der Waals surface area (Å²) in [5.41, 5.74) is 6.85. The second kappa shape index (κ2) is 18.1. The maximum atomic E-state index is 13.8. The fourth-order valence-corrected chi connectivity index (χ4v) is 7.82. The number of esters is 1. The molecule has 0 saturated carbocycles. The molecule has 0 unspecified atom stereocenters. The van der Waals surface area contributed by atoms with Gasteiger partial charge in [-0.15, -0.1) is 11.3 Å². The Labute approximate surface area is 300 Å². The number of nitrogens with one attached hydrogen (secondary N) is 2. The van der Waals surface area contributed by atoms with Crippen molar-refractivity contribution >= 4 is 39.8 Å². The van der Waals surface area contributed by atoms with Gasteiger partial charge in [-0.3, -0.25) is 9.59 Å². The zero-order valence-electron chi connectivity index (χ0n) is 29.8. The van der Waals surface area contributed by atoms with Crippen LogP contribution >= 0.6 is 11.3 Å². The molecule has 9 heteroatoms.